The van der Waals surface area contributed by atoms with Gasteiger partial charge in [-0.3, -0.25) is 10.1 Å². The van der Waals surface area contributed by atoms with Crippen molar-refractivity contribution in [1.82, 2.24) is 4.31 Å². The molecule has 0 aromatic heterocycles. The molecule has 1 fully saturated rings. The van der Waals surface area contributed by atoms with E-state index >= 15 is 0 Å². The summed E-state index contributed by atoms with van der Waals surface area (Å²) in [6.07, 6.45) is 0. The number of sulfonamides is 1. The number of benzene rings is 1. The first kappa shape index (κ1) is 15.7. The molecule has 0 amide bonds. The van der Waals surface area contributed by atoms with Crippen LogP contribution in [0.5, 0.6) is 0 Å². The van der Waals surface area contributed by atoms with Crippen molar-refractivity contribution in [3.05, 3.63) is 27.8 Å². The van der Waals surface area contributed by atoms with Crippen LogP contribution in [0, 0.1) is 28.9 Å². The molecule has 1 aromatic carbocycles. The third-order valence-corrected chi connectivity index (χ3v) is 6.07. The second-order valence-electron chi connectivity index (χ2n) is 5.71. The molecule has 0 spiro atoms. The molecule has 1 aliphatic rings. The minimum absolute atomic E-state index is 0.0281. The van der Waals surface area contributed by atoms with Crippen LogP contribution >= 0.6 is 0 Å². The summed E-state index contributed by atoms with van der Waals surface area (Å²) in [4.78, 5) is 10.3. The van der Waals surface area contributed by atoms with Gasteiger partial charge in [-0.2, -0.15) is 4.31 Å². The molecule has 1 aromatic rings. The highest BCUT2D eigenvalue weighted by molar-refractivity contribution is 7.89. The fraction of sp³-hybridized carbons (Fsp3) is 0.538. The molecule has 0 radical (unpaired) electrons. The number of anilines is 1. The standard InChI is InChI=1S/C13H19N3O4S/c1-8-4-11(14)12(16(17)18)5-13(8)21(19,20)15-6-9(2)10(3)7-15/h4-5,9-10H,6-7,14H2,1-3H3. The molecule has 2 rings (SSSR count). The van der Waals surface area contributed by atoms with Crippen LogP contribution in [0.15, 0.2) is 17.0 Å². The van der Waals surface area contributed by atoms with E-state index in [-0.39, 0.29) is 28.1 Å². The second-order valence-corrected chi connectivity index (χ2v) is 7.62. The third kappa shape index (κ3) is 2.73. The lowest BCUT2D eigenvalue weighted by atomic mass is 10.0. The van der Waals surface area contributed by atoms with Crippen molar-refractivity contribution >= 4 is 21.4 Å². The average molecular weight is 313 g/mol. The smallest absolute Gasteiger partial charge is 0.293 e. The lowest BCUT2D eigenvalue weighted by Crippen LogP contribution is -2.29. The van der Waals surface area contributed by atoms with Crippen molar-refractivity contribution in [2.24, 2.45) is 11.8 Å². The minimum Gasteiger partial charge on any atom is -0.393 e. The lowest BCUT2D eigenvalue weighted by molar-refractivity contribution is -0.384. The van der Waals surface area contributed by atoms with E-state index in [9.17, 15) is 18.5 Å². The summed E-state index contributed by atoms with van der Waals surface area (Å²) in [6, 6.07) is 2.40. The molecule has 0 bridgehead atoms. The van der Waals surface area contributed by atoms with Gasteiger partial charge in [0.25, 0.3) is 5.69 Å². The maximum absolute atomic E-state index is 12.7. The van der Waals surface area contributed by atoms with E-state index < -0.39 is 14.9 Å². The number of nitrogens with zero attached hydrogens (tertiary/aromatic N) is 2. The Bertz CT molecular complexity index is 677. The van der Waals surface area contributed by atoms with Crippen LogP contribution in [-0.4, -0.2) is 30.7 Å². The largest absolute Gasteiger partial charge is 0.393 e. The number of hydrogen-bond donors (Lipinski definition) is 1. The summed E-state index contributed by atoms with van der Waals surface area (Å²) in [7, 11) is -3.73. The monoisotopic (exact) mass is 313 g/mol. The van der Waals surface area contributed by atoms with Crippen LogP contribution in [0.1, 0.15) is 19.4 Å². The molecule has 1 heterocycles. The zero-order valence-corrected chi connectivity index (χ0v) is 13.1. The van der Waals surface area contributed by atoms with Crippen molar-refractivity contribution in [2.75, 3.05) is 18.8 Å². The predicted octanol–water partition coefficient (Wildman–Crippen LogP) is 1.76. The van der Waals surface area contributed by atoms with E-state index in [1.54, 1.807) is 6.92 Å². The van der Waals surface area contributed by atoms with E-state index in [1.165, 1.54) is 10.4 Å². The van der Waals surface area contributed by atoms with Crippen molar-refractivity contribution in [1.29, 1.82) is 0 Å². The molecule has 0 saturated carbocycles. The summed E-state index contributed by atoms with van der Waals surface area (Å²) in [5.74, 6) is 0.535. The van der Waals surface area contributed by atoms with Gasteiger partial charge in [0.05, 0.1) is 9.82 Å². The molecule has 7 nitrogen and oxygen atoms in total. The molecule has 2 atom stereocenters. The van der Waals surface area contributed by atoms with Gasteiger partial charge in [0.15, 0.2) is 0 Å². The Morgan fingerprint density at radius 1 is 1.29 bits per heavy atom. The molecule has 2 N–H and O–H groups in total. The highest BCUT2D eigenvalue weighted by Crippen LogP contribution is 2.33. The van der Waals surface area contributed by atoms with Crippen molar-refractivity contribution in [3.63, 3.8) is 0 Å². The third-order valence-electron chi connectivity index (χ3n) is 4.09. The predicted molar refractivity (Wildman–Crippen MR) is 79.3 cm³/mol. The zero-order valence-electron chi connectivity index (χ0n) is 12.2. The van der Waals surface area contributed by atoms with Gasteiger partial charge in [-0.15, -0.1) is 0 Å². The number of rotatable bonds is 3. The number of nitro benzene ring substituents is 1. The Labute approximate surface area is 123 Å². The van der Waals surface area contributed by atoms with E-state index in [0.717, 1.165) is 6.07 Å². The SMILES string of the molecule is Cc1cc(N)c([N+](=O)[O-])cc1S(=O)(=O)N1CC(C)C(C)C1. The fourth-order valence-electron chi connectivity index (χ4n) is 2.55. The highest BCUT2D eigenvalue weighted by Gasteiger charge is 2.36. The van der Waals surface area contributed by atoms with Gasteiger partial charge in [0.2, 0.25) is 10.0 Å². The molecule has 116 valence electrons. The average Bonchev–Trinajstić information content (AvgIpc) is 2.69. The number of nitrogens with two attached hydrogens (primary N) is 1. The van der Waals surface area contributed by atoms with Crippen LogP contribution in [0.3, 0.4) is 0 Å². The van der Waals surface area contributed by atoms with Crippen LogP contribution in [-0.2, 0) is 10.0 Å². The number of nitrogen functional groups attached to an aromatic ring is 1. The normalized spacial score (nSPS) is 23.4. The molecule has 1 aliphatic heterocycles. The lowest BCUT2D eigenvalue weighted by Gasteiger charge is -2.18. The van der Waals surface area contributed by atoms with Crippen molar-refractivity contribution in [3.8, 4) is 0 Å². The van der Waals surface area contributed by atoms with Gasteiger partial charge in [-0.05, 0) is 30.4 Å². The maximum atomic E-state index is 12.7. The second kappa shape index (κ2) is 5.27. The van der Waals surface area contributed by atoms with E-state index in [1.807, 2.05) is 13.8 Å². The van der Waals surface area contributed by atoms with E-state index in [2.05, 4.69) is 0 Å². The van der Waals surface area contributed by atoms with E-state index in [0.29, 0.717) is 18.7 Å². The van der Waals surface area contributed by atoms with Gasteiger partial charge in [-0.25, -0.2) is 8.42 Å². The molecular weight excluding hydrogens is 294 g/mol. The van der Waals surface area contributed by atoms with Gasteiger partial charge in [0.1, 0.15) is 5.69 Å². The first-order valence-electron chi connectivity index (χ1n) is 6.69. The van der Waals surface area contributed by atoms with Gasteiger partial charge in [0, 0.05) is 19.2 Å². The molecule has 21 heavy (non-hydrogen) atoms. The Morgan fingerprint density at radius 3 is 2.29 bits per heavy atom. The van der Waals surface area contributed by atoms with E-state index in [4.69, 9.17) is 5.73 Å². The first-order valence-corrected chi connectivity index (χ1v) is 8.13. The van der Waals surface area contributed by atoms with Crippen LogP contribution in [0.2, 0.25) is 0 Å². The van der Waals surface area contributed by atoms with Gasteiger partial charge < -0.3 is 5.73 Å². The Morgan fingerprint density at radius 2 is 1.81 bits per heavy atom. The fourth-order valence-corrected chi connectivity index (χ4v) is 4.42. The molecule has 8 heteroatoms. The quantitative estimate of drug-likeness (QED) is 0.520. The maximum Gasteiger partial charge on any atom is 0.293 e. The molecule has 1 saturated heterocycles. The number of hydrogen-bond acceptors (Lipinski definition) is 5. The van der Waals surface area contributed by atoms with Gasteiger partial charge in [-0.1, -0.05) is 13.8 Å². The summed E-state index contributed by atoms with van der Waals surface area (Å²) in [5.41, 5.74) is 5.60. The highest BCUT2D eigenvalue weighted by atomic mass is 32.2. The Hall–Kier alpha value is -1.67. The van der Waals surface area contributed by atoms with Crippen LogP contribution < -0.4 is 5.73 Å². The summed E-state index contributed by atoms with van der Waals surface area (Å²) in [6.45, 7) is 6.45. The Kier molecular flexibility index (Phi) is 3.94. The molecule has 2 unspecified atom stereocenters. The molecular formula is C13H19N3O4S. The topological polar surface area (TPSA) is 107 Å². The van der Waals surface area contributed by atoms with Gasteiger partial charge >= 0.3 is 0 Å². The first-order chi connectivity index (χ1) is 9.64. The number of nitro groups is 1. The van der Waals surface area contributed by atoms with Crippen LogP contribution in [0.4, 0.5) is 11.4 Å². The van der Waals surface area contributed by atoms with Crippen LogP contribution in [0.25, 0.3) is 0 Å². The van der Waals surface area contributed by atoms with Crippen molar-refractivity contribution < 1.29 is 13.3 Å². The minimum atomic E-state index is -3.73. The number of aryl methyl sites for hydroxylation is 1. The molecule has 0 aliphatic carbocycles. The summed E-state index contributed by atoms with van der Waals surface area (Å²) >= 11 is 0. The Balaban J connectivity index is 2.50. The summed E-state index contributed by atoms with van der Waals surface area (Å²) < 4.78 is 26.8. The zero-order chi connectivity index (χ0) is 15.9. The van der Waals surface area contributed by atoms with Crippen molar-refractivity contribution in [2.45, 2.75) is 25.7 Å². The summed E-state index contributed by atoms with van der Waals surface area (Å²) in [5, 5.41) is 11.0.